The average Bonchev–Trinajstić information content (AvgIpc) is 3.07. The number of amides is 1. The molecule has 0 radical (unpaired) electrons. The van der Waals surface area contributed by atoms with Gasteiger partial charge in [-0.25, -0.2) is 4.98 Å². The molecule has 4 rings (SSSR count). The largest absolute Gasteiger partial charge is 0.338 e. The first kappa shape index (κ1) is 17.3. The number of aromatic nitrogens is 2. The summed E-state index contributed by atoms with van der Waals surface area (Å²) in [7, 11) is 0. The van der Waals surface area contributed by atoms with Crippen molar-refractivity contribution in [1.82, 2.24) is 9.97 Å². The molecule has 0 aliphatic heterocycles. The Balaban J connectivity index is 1.67. The van der Waals surface area contributed by atoms with Gasteiger partial charge in [0, 0.05) is 11.1 Å². The highest BCUT2D eigenvalue weighted by Crippen LogP contribution is 2.29. The number of anilines is 1. The van der Waals surface area contributed by atoms with Crippen LogP contribution in [0.25, 0.3) is 22.4 Å². The highest BCUT2D eigenvalue weighted by molar-refractivity contribution is 6.34. The van der Waals surface area contributed by atoms with Gasteiger partial charge in [-0.3, -0.25) is 4.79 Å². The molecule has 0 unspecified atom stereocenters. The highest BCUT2D eigenvalue weighted by atomic mass is 35.5. The van der Waals surface area contributed by atoms with Gasteiger partial charge in [0.05, 0.1) is 21.7 Å². The van der Waals surface area contributed by atoms with Crippen LogP contribution in [0.15, 0.2) is 60.7 Å². The Morgan fingerprint density at radius 3 is 2.48 bits per heavy atom. The highest BCUT2D eigenvalue weighted by Gasteiger charge is 2.12. The first-order valence-electron chi connectivity index (χ1n) is 8.64. The van der Waals surface area contributed by atoms with Crippen LogP contribution in [0.1, 0.15) is 21.5 Å². The smallest absolute Gasteiger partial charge is 0.255 e. The van der Waals surface area contributed by atoms with Crippen LogP contribution in [0.3, 0.4) is 0 Å². The van der Waals surface area contributed by atoms with Gasteiger partial charge < -0.3 is 10.3 Å². The molecule has 0 fully saturated rings. The van der Waals surface area contributed by atoms with Crippen LogP contribution in [0.5, 0.6) is 0 Å². The van der Waals surface area contributed by atoms with Crippen LogP contribution in [-0.4, -0.2) is 15.9 Å². The van der Waals surface area contributed by atoms with Gasteiger partial charge in [-0.2, -0.15) is 0 Å². The molecule has 3 aromatic carbocycles. The van der Waals surface area contributed by atoms with Gasteiger partial charge in [0.15, 0.2) is 0 Å². The van der Waals surface area contributed by atoms with Crippen molar-refractivity contribution in [3.63, 3.8) is 0 Å². The van der Waals surface area contributed by atoms with Gasteiger partial charge in [0.1, 0.15) is 5.82 Å². The van der Waals surface area contributed by atoms with Crippen molar-refractivity contribution < 1.29 is 4.79 Å². The molecule has 0 saturated carbocycles. The van der Waals surface area contributed by atoms with Crippen LogP contribution >= 0.6 is 11.6 Å². The van der Waals surface area contributed by atoms with Crippen molar-refractivity contribution in [2.24, 2.45) is 0 Å². The van der Waals surface area contributed by atoms with E-state index in [4.69, 9.17) is 11.6 Å². The summed E-state index contributed by atoms with van der Waals surface area (Å²) in [6.07, 6.45) is 0. The van der Waals surface area contributed by atoms with E-state index in [0.717, 1.165) is 33.5 Å². The first-order valence-corrected chi connectivity index (χ1v) is 9.02. The van der Waals surface area contributed by atoms with E-state index in [0.29, 0.717) is 16.3 Å². The van der Waals surface area contributed by atoms with Gasteiger partial charge >= 0.3 is 0 Å². The SMILES string of the molecule is Cc1cc(C)cc(C(=O)Nc2cc(-c3nc4ccccc4[nH]3)ccc2Cl)c1. The summed E-state index contributed by atoms with van der Waals surface area (Å²) in [5.41, 5.74) is 5.96. The second-order valence-electron chi connectivity index (χ2n) is 6.63. The fourth-order valence-electron chi connectivity index (χ4n) is 3.16. The zero-order chi connectivity index (χ0) is 19.0. The van der Waals surface area contributed by atoms with E-state index in [9.17, 15) is 4.79 Å². The lowest BCUT2D eigenvalue weighted by molar-refractivity contribution is 0.102. The summed E-state index contributed by atoms with van der Waals surface area (Å²) in [6.45, 7) is 3.94. The summed E-state index contributed by atoms with van der Waals surface area (Å²) >= 11 is 6.31. The van der Waals surface area contributed by atoms with Crippen LogP contribution in [0.4, 0.5) is 5.69 Å². The van der Waals surface area contributed by atoms with Crippen molar-refractivity contribution in [2.75, 3.05) is 5.32 Å². The van der Waals surface area contributed by atoms with E-state index in [-0.39, 0.29) is 5.91 Å². The summed E-state index contributed by atoms with van der Waals surface area (Å²) in [4.78, 5) is 20.6. The third-order valence-corrected chi connectivity index (χ3v) is 4.69. The van der Waals surface area contributed by atoms with Gasteiger partial charge in [-0.05, 0) is 56.3 Å². The van der Waals surface area contributed by atoms with E-state index >= 15 is 0 Å². The minimum absolute atomic E-state index is 0.189. The number of halogens is 1. The topological polar surface area (TPSA) is 57.8 Å². The number of hydrogen-bond donors (Lipinski definition) is 2. The average molecular weight is 376 g/mol. The van der Waals surface area contributed by atoms with Gasteiger partial charge in [0.25, 0.3) is 5.91 Å². The van der Waals surface area contributed by atoms with E-state index in [1.165, 1.54) is 0 Å². The Kier molecular flexibility index (Phi) is 4.42. The number of fused-ring (bicyclic) bond motifs is 1. The van der Waals surface area contributed by atoms with E-state index in [1.807, 2.05) is 68.4 Å². The number of benzene rings is 3. The Bertz CT molecular complexity index is 1110. The van der Waals surface area contributed by atoms with Crippen LogP contribution < -0.4 is 5.32 Å². The molecule has 27 heavy (non-hydrogen) atoms. The number of H-pyrrole nitrogens is 1. The number of nitrogens with zero attached hydrogens (tertiary/aromatic N) is 1. The predicted molar refractivity (Wildman–Crippen MR) is 110 cm³/mol. The molecule has 0 aliphatic rings. The van der Waals surface area contributed by atoms with Crippen molar-refractivity contribution in [1.29, 1.82) is 0 Å². The van der Waals surface area contributed by atoms with E-state index < -0.39 is 0 Å². The third-order valence-electron chi connectivity index (χ3n) is 4.36. The second-order valence-corrected chi connectivity index (χ2v) is 7.03. The van der Waals surface area contributed by atoms with Crippen LogP contribution in [0.2, 0.25) is 5.02 Å². The molecular weight excluding hydrogens is 358 g/mol. The minimum Gasteiger partial charge on any atom is -0.338 e. The molecular formula is C22H18ClN3O. The molecule has 0 aliphatic carbocycles. The Labute approximate surface area is 162 Å². The summed E-state index contributed by atoms with van der Waals surface area (Å²) < 4.78 is 0. The normalized spacial score (nSPS) is 10.9. The molecule has 1 heterocycles. The maximum Gasteiger partial charge on any atom is 0.255 e. The quantitative estimate of drug-likeness (QED) is 0.478. The van der Waals surface area contributed by atoms with Crippen LogP contribution in [0, 0.1) is 13.8 Å². The number of aromatic amines is 1. The Hall–Kier alpha value is -3.11. The predicted octanol–water partition coefficient (Wildman–Crippen LogP) is 5.75. The second kappa shape index (κ2) is 6.89. The standard InChI is InChI=1S/C22H18ClN3O/c1-13-9-14(2)11-16(10-13)22(27)26-20-12-15(7-8-17(20)23)21-24-18-5-3-4-6-19(18)25-21/h3-12H,1-2H3,(H,24,25)(H,26,27). The zero-order valence-corrected chi connectivity index (χ0v) is 15.8. The molecule has 0 atom stereocenters. The number of carbonyl (C=O) groups excluding carboxylic acids is 1. The molecule has 0 bridgehead atoms. The number of imidazole rings is 1. The molecule has 1 aromatic heterocycles. The van der Waals surface area contributed by atoms with Gasteiger partial charge in [-0.1, -0.05) is 40.9 Å². The fourth-order valence-corrected chi connectivity index (χ4v) is 3.32. The fraction of sp³-hybridized carbons (Fsp3) is 0.0909. The molecule has 4 aromatic rings. The summed E-state index contributed by atoms with van der Waals surface area (Å²) in [5, 5.41) is 3.39. The number of para-hydroxylation sites is 2. The molecule has 0 saturated heterocycles. The first-order chi connectivity index (χ1) is 13.0. The van der Waals surface area contributed by atoms with Crippen LogP contribution in [-0.2, 0) is 0 Å². The molecule has 134 valence electrons. The molecule has 2 N–H and O–H groups in total. The van der Waals surface area contributed by atoms with Gasteiger partial charge in [0.2, 0.25) is 0 Å². The molecule has 4 nitrogen and oxygen atoms in total. The molecule has 0 spiro atoms. The number of rotatable bonds is 3. The van der Waals surface area contributed by atoms with Crippen molar-refractivity contribution in [3.8, 4) is 11.4 Å². The zero-order valence-electron chi connectivity index (χ0n) is 15.0. The van der Waals surface area contributed by atoms with E-state index in [1.54, 1.807) is 6.07 Å². The Morgan fingerprint density at radius 1 is 1.00 bits per heavy atom. The number of carbonyl (C=O) groups is 1. The van der Waals surface area contributed by atoms with Crippen molar-refractivity contribution in [2.45, 2.75) is 13.8 Å². The van der Waals surface area contributed by atoms with Gasteiger partial charge in [-0.15, -0.1) is 0 Å². The Morgan fingerprint density at radius 2 is 1.74 bits per heavy atom. The number of nitrogens with one attached hydrogen (secondary N) is 2. The lowest BCUT2D eigenvalue weighted by Crippen LogP contribution is -2.12. The number of aryl methyl sites for hydroxylation is 2. The van der Waals surface area contributed by atoms with E-state index in [2.05, 4.69) is 15.3 Å². The lowest BCUT2D eigenvalue weighted by atomic mass is 10.1. The third kappa shape index (κ3) is 3.57. The summed E-state index contributed by atoms with van der Waals surface area (Å²) in [5.74, 6) is 0.542. The minimum atomic E-state index is -0.189. The maximum atomic E-state index is 12.7. The number of hydrogen-bond acceptors (Lipinski definition) is 2. The molecule has 5 heteroatoms. The molecule has 1 amide bonds. The maximum absolute atomic E-state index is 12.7. The van der Waals surface area contributed by atoms with Crippen molar-refractivity contribution >= 4 is 34.2 Å². The summed E-state index contributed by atoms with van der Waals surface area (Å²) in [6, 6.07) is 19.1. The van der Waals surface area contributed by atoms with Crippen molar-refractivity contribution in [3.05, 3.63) is 82.4 Å². The lowest BCUT2D eigenvalue weighted by Gasteiger charge is -2.10. The monoisotopic (exact) mass is 375 g/mol.